The lowest BCUT2D eigenvalue weighted by Crippen LogP contribution is -2.14. The van der Waals surface area contributed by atoms with Crippen LogP contribution in [-0.2, 0) is 16.1 Å². The number of rotatable bonds is 7. The maximum atomic E-state index is 12.3. The first-order valence-electron chi connectivity index (χ1n) is 7.98. The summed E-state index contributed by atoms with van der Waals surface area (Å²) >= 11 is 0. The maximum absolute atomic E-state index is 12.3. The van der Waals surface area contributed by atoms with Gasteiger partial charge in [0, 0.05) is 31.2 Å². The molecular weight excluding hydrogens is 302 g/mol. The molecule has 4 nitrogen and oxygen atoms in total. The van der Waals surface area contributed by atoms with Crippen LogP contribution in [0.2, 0.25) is 0 Å². The molecule has 0 saturated heterocycles. The van der Waals surface area contributed by atoms with Crippen LogP contribution in [0.25, 0.3) is 0 Å². The summed E-state index contributed by atoms with van der Waals surface area (Å²) in [6.45, 7) is 4.36. The van der Waals surface area contributed by atoms with E-state index in [0.29, 0.717) is 17.9 Å². The van der Waals surface area contributed by atoms with Crippen molar-refractivity contribution in [1.29, 1.82) is 0 Å². The molecule has 0 bridgehead atoms. The van der Waals surface area contributed by atoms with E-state index in [9.17, 15) is 9.59 Å². The summed E-state index contributed by atoms with van der Waals surface area (Å²) in [4.78, 5) is 24.4. The van der Waals surface area contributed by atoms with Crippen molar-refractivity contribution in [3.63, 3.8) is 0 Å². The molecule has 0 aliphatic carbocycles. The molecule has 0 atom stereocenters. The van der Waals surface area contributed by atoms with Crippen LogP contribution in [0.3, 0.4) is 0 Å². The fourth-order valence-electron chi connectivity index (χ4n) is 2.53. The lowest BCUT2D eigenvalue weighted by atomic mass is 9.99. The maximum Gasteiger partial charge on any atom is 0.224 e. The Morgan fingerprint density at radius 3 is 2.58 bits per heavy atom. The van der Waals surface area contributed by atoms with E-state index in [4.69, 9.17) is 4.74 Å². The summed E-state index contributed by atoms with van der Waals surface area (Å²) in [5.74, 6) is -0.164. The Bertz CT molecular complexity index is 737. The van der Waals surface area contributed by atoms with Crippen LogP contribution >= 0.6 is 0 Å². The van der Waals surface area contributed by atoms with Crippen LogP contribution in [0.4, 0.5) is 5.69 Å². The predicted octanol–water partition coefficient (Wildman–Crippen LogP) is 4.05. The highest BCUT2D eigenvalue weighted by atomic mass is 16.5. The molecule has 1 N–H and O–H groups in total. The highest BCUT2D eigenvalue weighted by molar-refractivity contribution is 6.01. The average Bonchev–Trinajstić information content (AvgIpc) is 2.55. The van der Waals surface area contributed by atoms with Crippen molar-refractivity contribution in [3.8, 4) is 0 Å². The quantitative estimate of drug-likeness (QED) is 0.781. The van der Waals surface area contributed by atoms with Gasteiger partial charge in [-0.25, -0.2) is 0 Å². The Morgan fingerprint density at radius 1 is 1.04 bits per heavy atom. The van der Waals surface area contributed by atoms with E-state index in [2.05, 4.69) is 5.32 Å². The first-order valence-corrected chi connectivity index (χ1v) is 7.98. The second-order valence-corrected chi connectivity index (χ2v) is 5.92. The molecule has 0 spiro atoms. The van der Waals surface area contributed by atoms with Gasteiger partial charge in [0.05, 0.1) is 6.61 Å². The molecular formula is C20H23NO3. The third-order valence-electron chi connectivity index (χ3n) is 3.79. The molecule has 0 aliphatic heterocycles. The van der Waals surface area contributed by atoms with Crippen molar-refractivity contribution in [2.45, 2.75) is 33.3 Å². The SMILES string of the molecule is COCc1cccc(NC(=O)CCC(=O)c2cc(C)ccc2C)c1. The zero-order chi connectivity index (χ0) is 17.5. The van der Waals surface area contributed by atoms with Crippen molar-refractivity contribution in [2.75, 3.05) is 12.4 Å². The lowest BCUT2D eigenvalue weighted by Gasteiger charge is -2.08. The highest BCUT2D eigenvalue weighted by Crippen LogP contribution is 2.15. The zero-order valence-corrected chi connectivity index (χ0v) is 14.4. The Kier molecular flexibility index (Phi) is 6.27. The molecule has 126 valence electrons. The van der Waals surface area contributed by atoms with E-state index in [0.717, 1.165) is 16.7 Å². The molecule has 0 fully saturated rings. The van der Waals surface area contributed by atoms with E-state index in [-0.39, 0.29) is 24.5 Å². The minimum absolute atomic E-state index is 0.000478. The van der Waals surface area contributed by atoms with Gasteiger partial charge in [-0.05, 0) is 43.2 Å². The van der Waals surface area contributed by atoms with Crippen LogP contribution in [0, 0.1) is 13.8 Å². The monoisotopic (exact) mass is 325 g/mol. The number of carbonyl (C=O) groups excluding carboxylic acids is 2. The fraction of sp³-hybridized carbons (Fsp3) is 0.300. The second kappa shape index (κ2) is 8.41. The van der Waals surface area contributed by atoms with Crippen molar-refractivity contribution in [2.24, 2.45) is 0 Å². The van der Waals surface area contributed by atoms with E-state index >= 15 is 0 Å². The normalized spacial score (nSPS) is 10.5. The number of anilines is 1. The second-order valence-electron chi connectivity index (χ2n) is 5.92. The van der Waals surface area contributed by atoms with Gasteiger partial charge < -0.3 is 10.1 Å². The van der Waals surface area contributed by atoms with Crippen LogP contribution in [0.15, 0.2) is 42.5 Å². The van der Waals surface area contributed by atoms with Gasteiger partial charge in [0.15, 0.2) is 5.78 Å². The molecule has 0 saturated carbocycles. The molecule has 2 rings (SSSR count). The van der Waals surface area contributed by atoms with Crippen LogP contribution in [0.1, 0.15) is 39.9 Å². The summed E-state index contributed by atoms with van der Waals surface area (Å²) in [5.41, 5.74) is 4.39. The molecule has 2 aromatic rings. The van der Waals surface area contributed by atoms with E-state index in [1.54, 1.807) is 7.11 Å². The fourth-order valence-corrected chi connectivity index (χ4v) is 2.53. The number of benzene rings is 2. The summed E-state index contributed by atoms with van der Waals surface area (Å²) in [6.07, 6.45) is 0.370. The first kappa shape index (κ1) is 17.9. The third kappa shape index (κ3) is 5.03. The highest BCUT2D eigenvalue weighted by Gasteiger charge is 2.12. The number of hydrogen-bond acceptors (Lipinski definition) is 3. The Morgan fingerprint density at radius 2 is 1.83 bits per heavy atom. The number of methoxy groups -OCH3 is 1. The van der Waals surface area contributed by atoms with E-state index in [1.165, 1.54) is 0 Å². The summed E-state index contributed by atoms with van der Waals surface area (Å²) in [6, 6.07) is 13.3. The molecule has 0 aromatic heterocycles. The van der Waals surface area contributed by atoms with Gasteiger partial charge in [-0.15, -0.1) is 0 Å². The van der Waals surface area contributed by atoms with Crippen molar-refractivity contribution >= 4 is 17.4 Å². The standard InChI is InChI=1S/C20H23NO3/c1-14-7-8-15(2)18(11-14)19(22)9-10-20(23)21-17-6-4-5-16(12-17)13-24-3/h4-8,11-12H,9-10,13H2,1-3H3,(H,21,23). The molecule has 0 aliphatic rings. The van der Waals surface area contributed by atoms with Crippen molar-refractivity contribution < 1.29 is 14.3 Å². The summed E-state index contributed by atoms with van der Waals surface area (Å²) in [7, 11) is 1.63. The van der Waals surface area contributed by atoms with Gasteiger partial charge in [0.25, 0.3) is 0 Å². The topological polar surface area (TPSA) is 55.4 Å². The number of ketones is 1. The number of ether oxygens (including phenoxy) is 1. The van der Waals surface area contributed by atoms with Gasteiger partial charge in [-0.3, -0.25) is 9.59 Å². The number of Topliss-reactive ketones (excluding diaryl/α,β-unsaturated/α-hetero) is 1. The number of nitrogens with one attached hydrogen (secondary N) is 1. The molecule has 0 radical (unpaired) electrons. The van der Waals surface area contributed by atoms with E-state index in [1.807, 2.05) is 56.3 Å². The van der Waals surface area contributed by atoms with Gasteiger partial charge in [0.1, 0.15) is 0 Å². The van der Waals surface area contributed by atoms with E-state index < -0.39 is 0 Å². The largest absolute Gasteiger partial charge is 0.380 e. The summed E-state index contributed by atoms with van der Waals surface area (Å²) in [5, 5.41) is 2.83. The number of amides is 1. The van der Waals surface area contributed by atoms with Gasteiger partial charge in [-0.1, -0.05) is 29.8 Å². The minimum atomic E-state index is -0.164. The Labute approximate surface area is 142 Å². The predicted molar refractivity (Wildman–Crippen MR) is 95.3 cm³/mol. The van der Waals surface area contributed by atoms with Crippen LogP contribution < -0.4 is 5.32 Å². The smallest absolute Gasteiger partial charge is 0.224 e. The van der Waals surface area contributed by atoms with Crippen molar-refractivity contribution in [3.05, 3.63) is 64.7 Å². The Hall–Kier alpha value is -2.46. The number of aryl methyl sites for hydroxylation is 2. The van der Waals surface area contributed by atoms with Gasteiger partial charge in [0.2, 0.25) is 5.91 Å². The first-order chi connectivity index (χ1) is 11.5. The molecule has 1 amide bonds. The third-order valence-corrected chi connectivity index (χ3v) is 3.79. The van der Waals surface area contributed by atoms with Crippen molar-refractivity contribution in [1.82, 2.24) is 0 Å². The average molecular weight is 325 g/mol. The molecule has 0 heterocycles. The van der Waals surface area contributed by atoms with Crippen LogP contribution in [-0.4, -0.2) is 18.8 Å². The lowest BCUT2D eigenvalue weighted by molar-refractivity contribution is -0.116. The molecule has 24 heavy (non-hydrogen) atoms. The summed E-state index contributed by atoms with van der Waals surface area (Å²) < 4.78 is 5.08. The number of carbonyl (C=O) groups is 2. The van der Waals surface area contributed by atoms with Gasteiger partial charge in [-0.2, -0.15) is 0 Å². The zero-order valence-electron chi connectivity index (χ0n) is 14.4. The van der Waals surface area contributed by atoms with Crippen LogP contribution in [0.5, 0.6) is 0 Å². The molecule has 0 unspecified atom stereocenters. The molecule has 4 heteroatoms. The minimum Gasteiger partial charge on any atom is -0.380 e. The molecule has 2 aromatic carbocycles. The number of hydrogen-bond donors (Lipinski definition) is 1. The Balaban J connectivity index is 1.92. The van der Waals surface area contributed by atoms with Gasteiger partial charge >= 0.3 is 0 Å².